The number of nitrogens with one attached hydrogen (secondary N) is 1. The maximum atomic E-state index is 13.4. The van der Waals surface area contributed by atoms with Crippen LogP contribution in [0, 0.1) is 0 Å². The molecule has 1 aromatic heterocycles. The van der Waals surface area contributed by atoms with Crippen molar-refractivity contribution in [2.45, 2.75) is 54.8 Å². The van der Waals surface area contributed by atoms with E-state index in [1.165, 1.54) is 30.2 Å². The standard InChI is InChI=1S/C24H31N3O2S/c1-29-17-7-16-27-19-11-13-24(27,14-12-19)21(18-8-4-3-5-9-18)26-22(28)20-10-6-15-25-23(20)30-2/h3-6,8-10,15,19,21H,7,11-14,16-17H2,1-2H3,(H,26,28). The van der Waals surface area contributed by atoms with Crippen LogP contribution in [0.25, 0.3) is 0 Å². The van der Waals surface area contributed by atoms with Crippen LogP contribution in [0.4, 0.5) is 0 Å². The minimum Gasteiger partial charge on any atom is -0.385 e. The number of aromatic nitrogens is 1. The molecule has 2 aliphatic rings. The van der Waals surface area contributed by atoms with E-state index in [-0.39, 0.29) is 17.5 Å². The molecule has 2 saturated heterocycles. The molecule has 1 unspecified atom stereocenters. The SMILES string of the molecule is COCCCN1C2CCC1(C(NC(=O)c1cccnc1SC)c1ccccc1)CC2. The zero-order chi connectivity index (χ0) is 21.0. The molecule has 30 heavy (non-hydrogen) atoms. The first-order valence-corrected chi connectivity index (χ1v) is 12.0. The number of thioether (sulfide) groups is 1. The number of nitrogens with zero attached hydrogens (tertiary/aromatic N) is 2. The summed E-state index contributed by atoms with van der Waals surface area (Å²) in [6.07, 6.45) is 9.36. The fourth-order valence-corrected chi connectivity index (χ4v) is 5.96. The van der Waals surface area contributed by atoms with Gasteiger partial charge in [-0.2, -0.15) is 0 Å². The number of fused-ring (bicyclic) bond motifs is 2. The molecule has 0 saturated carbocycles. The smallest absolute Gasteiger partial charge is 0.254 e. The number of hydrogen-bond acceptors (Lipinski definition) is 5. The summed E-state index contributed by atoms with van der Waals surface area (Å²) in [4.78, 5) is 20.5. The molecular formula is C24H31N3O2S. The number of rotatable bonds is 9. The highest BCUT2D eigenvalue weighted by Crippen LogP contribution is 2.52. The van der Waals surface area contributed by atoms with Crippen molar-refractivity contribution in [3.05, 3.63) is 59.8 Å². The van der Waals surface area contributed by atoms with E-state index in [1.54, 1.807) is 13.3 Å². The summed E-state index contributed by atoms with van der Waals surface area (Å²) in [6, 6.07) is 14.8. The van der Waals surface area contributed by atoms with Gasteiger partial charge in [0.1, 0.15) is 5.03 Å². The van der Waals surface area contributed by atoms with Gasteiger partial charge in [0.2, 0.25) is 0 Å². The third kappa shape index (κ3) is 4.01. The Bertz CT molecular complexity index is 853. The normalized spacial score (nSPS) is 24.1. The van der Waals surface area contributed by atoms with E-state index in [4.69, 9.17) is 4.74 Å². The maximum Gasteiger partial charge on any atom is 0.254 e. The van der Waals surface area contributed by atoms with Gasteiger partial charge in [0.25, 0.3) is 5.91 Å². The Morgan fingerprint density at radius 2 is 2.03 bits per heavy atom. The van der Waals surface area contributed by atoms with E-state index in [0.717, 1.165) is 37.4 Å². The van der Waals surface area contributed by atoms with E-state index >= 15 is 0 Å². The fourth-order valence-electron chi connectivity index (χ4n) is 5.41. The summed E-state index contributed by atoms with van der Waals surface area (Å²) < 4.78 is 5.31. The molecule has 0 radical (unpaired) electrons. The molecule has 6 heteroatoms. The molecule has 2 aliphatic heterocycles. The molecule has 1 amide bonds. The molecule has 160 valence electrons. The fraction of sp³-hybridized carbons (Fsp3) is 0.500. The molecule has 1 N–H and O–H groups in total. The Labute approximate surface area is 183 Å². The quantitative estimate of drug-likeness (QED) is 0.479. The van der Waals surface area contributed by atoms with Crippen LogP contribution < -0.4 is 5.32 Å². The van der Waals surface area contributed by atoms with E-state index in [0.29, 0.717) is 11.6 Å². The highest BCUT2D eigenvalue weighted by atomic mass is 32.2. The van der Waals surface area contributed by atoms with Crippen molar-refractivity contribution in [2.24, 2.45) is 0 Å². The van der Waals surface area contributed by atoms with Gasteiger partial charge in [0, 0.05) is 38.0 Å². The van der Waals surface area contributed by atoms with Gasteiger partial charge in [0.05, 0.1) is 11.6 Å². The predicted octanol–water partition coefficient (Wildman–Crippen LogP) is 4.31. The van der Waals surface area contributed by atoms with Gasteiger partial charge in [-0.15, -0.1) is 11.8 Å². The number of carbonyl (C=O) groups is 1. The van der Waals surface area contributed by atoms with Gasteiger partial charge in [-0.3, -0.25) is 9.69 Å². The minimum absolute atomic E-state index is 0.0306. The van der Waals surface area contributed by atoms with Crippen LogP contribution in [0.5, 0.6) is 0 Å². The topological polar surface area (TPSA) is 54.5 Å². The van der Waals surface area contributed by atoms with E-state index < -0.39 is 0 Å². The number of hydrogen-bond donors (Lipinski definition) is 1. The van der Waals surface area contributed by atoms with Crippen molar-refractivity contribution < 1.29 is 9.53 Å². The molecule has 4 rings (SSSR count). The number of carbonyl (C=O) groups excluding carboxylic acids is 1. The van der Waals surface area contributed by atoms with Crippen LogP contribution in [-0.2, 0) is 4.74 Å². The van der Waals surface area contributed by atoms with Gasteiger partial charge in [-0.05, 0) is 56.1 Å². The van der Waals surface area contributed by atoms with Crippen molar-refractivity contribution >= 4 is 17.7 Å². The Kier molecular flexibility index (Phi) is 6.76. The summed E-state index contributed by atoms with van der Waals surface area (Å²) in [7, 11) is 1.76. The largest absolute Gasteiger partial charge is 0.385 e. The van der Waals surface area contributed by atoms with Gasteiger partial charge in [0.15, 0.2) is 0 Å². The number of ether oxygens (including phenoxy) is 1. The number of pyridine rings is 1. The Morgan fingerprint density at radius 3 is 2.73 bits per heavy atom. The van der Waals surface area contributed by atoms with Crippen molar-refractivity contribution in [1.29, 1.82) is 0 Å². The molecule has 3 heterocycles. The summed E-state index contributed by atoms with van der Waals surface area (Å²) in [5.74, 6) is -0.0390. The minimum atomic E-state index is -0.0452. The second-order valence-electron chi connectivity index (χ2n) is 8.25. The van der Waals surface area contributed by atoms with Crippen molar-refractivity contribution in [3.8, 4) is 0 Å². The molecule has 0 spiro atoms. The first-order chi connectivity index (χ1) is 14.7. The van der Waals surface area contributed by atoms with Crippen molar-refractivity contribution in [3.63, 3.8) is 0 Å². The van der Waals surface area contributed by atoms with E-state index in [2.05, 4.69) is 39.5 Å². The average Bonchev–Trinajstić information content (AvgIpc) is 3.33. The first kappa shape index (κ1) is 21.3. The summed E-state index contributed by atoms with van der Waals surface area (Å²) >= 11 is 1.51. The van der Waals surface area contributed by atoms with Crippen LogP contribution in [0.2, 0.25) is 0 Å². The molecule has 0 aliphatic carbocycles. The third-order valence-corrected chi connectivity index (χ3v) is 7.45. The van der Waals surface area contributed by atoms with Crippen LogP contribution >= 0.6 is 11.8 Å². The van der Waals surface area contributed by atoms with Gasteiger partial charge < -0.3 is 10.1 Å². The number of amides is 1. The first-order valence-electron chi connectivity index (χ1n) is 10.8. The van der Waals surface area contributed by atoms with Gasteiger partial charge >= 0.3 is 0 Å². The number of benzene rings is 1. The lowest BCUT2D eigenvalue weighted by Gasteiger charge is -2.42. The second kappa shape index (κ2) is 9.50. The lowest BCUT2D eigenvalue weighted by Crippen LogP contribution is -2.52. The van der Waals surface area contributed by atoms with Crippen LogP contribution in [0.15, 0.2) is 53.7 Å². The van der Waals surface area contributed by atoms with Crippen LogP contribution in [0.1, 0.15) is 54.1 Å². The molecule has 2 bridgehead atoms. The Morgan fingerprint density at radius 1 is 1.27 bits per heavy atom. The van der Waals surface area contributed by atoms with Crippen molar-refractivity contribution in [2.75, 3.05) is 26.5 Å². The zero-order valence-electron chi connectivity index (χ0n) is 17.8. The molecular weight excluding hydrogens is 394 g/mol. The molecule has 2 fully saturated rings. The van der Waals surface area contributed by atoms with Crippen molar-refractivity contribution in [1.82, 2.24) is 15.2 Å². The van der Waals surface area contributed by atoms with E-state index in [9.17, 15) is 4.79 Å². The second-order valence-corrected chi connectivity index (χ2v) is 9.05. The lowest BCUT2D eigenvalue weighted by atomic mass is 9.78. The number of methoxy groups -OCH3 is 1. The average molecular weight is 426 g/mol. The summed E-state index contributed by atoms with van der Waals surface area (Å²) in [5, 5.41) is 4.21. The predicted molar refractivity (Wildman–Crippen MR) is 121 cm³/mol. The Hall–Kier alpha value is -1.89. The molecule has 2 aromatic rings. The summed E-state index contributed by atoms with van der Waals surface area (Å²) in [6.45, 7) is 1.79. The highest BCUT2D eigenvalue weighted by Gasteiger charge is 2.56. The zero-order valence-corrected chi connectivity index (χ0v) is 18.7. The van der Waals surface area contributed by atoms with Gasteiger partial charge in [-0.25, -0.2) is 4.98 Å². The molecule has 1 aromatic carbocycles. The van der Waals surface area contributed by atoms with E-state index in [1.807, 2.05) is 24.5 Å². The molecule has 5 nitrogen and oxygen atoms in total. The monoisotopic (exact) mass is 425 g/mol. The van der Waals surface area contributed by atoms with Gasteiger partial charge in [-0.1, -0.05) is 30.3 Å². The Balaban J connectivity index is 1.66. The van der Waals surface area contributed by atoms with Crippen LogP contribution in [-0.4, -0.2) is 53.9 Å². The summed E-state index contributed by atoms with van der Waals surface area (Å²) in [5.41, 5.74) is 1.80. The van der Waals surface area contributed by atoms with Crippen LogP contribution in [0.3, 0.4) is 0 Å². The third-order valence-electron chi connectivity index (χ3n) is 6.74. The highest BCUT2D eigenvalue weighted by molar-refractivity contribution is 7.98. The lowest BCUT2D eigenvalue weighted by molar-refractivity contribution is 0.0738. The maximum absolute atomic E-state index is 13.4. The molecule has 1 atom stereocenters.